The Hall–Kier alpha value is -1.75. The second-order valence-corrected chi connectivity index (χ2v) is 6.18. The summed E-state index contributed by atoms with van der Waals surface area (Å²) in [5.74, 6) is 1.06. The van der Waals surface area contributed by atoms with Crippen LogP contribution in [0.25, 0.3) is 0 Å². The van der Waals surface area contributed by atoms with Crippen LogP contribution in [0.4, 0.5) is 17.2 Å². The van der Waals surface area contributed by atoms with E-state index in [1.807, 2.05) is 24.4 Å². The van der Waals surface area contributed by atoms with Crippen molar-refractivity contribution in [2.75, 3.05) is 41.7 Å². The molecular formula is C16H19BrN4. The molecule has 1 saturated heterocycles. The molecule has 5 heteroatoms. The van der Waals surface area contributed by atoms with Crippen LogP contribution in [-0.2, 0) is 0 Å². The van der Waals surface area contributed by atoms with Gasteiger partial charge in [0.05, 0.1) is 5.69 Å². The summed E-state index contributed by atoms with van der Waals surface area (Å²) in [6.07, 6.45) is 1.85. The lowest BCUT2D eigenvalue weighted by Crippen LogP contribution is -2.47. The van der Waals surface area contributed by atoms with Gasteiger partial charge >= 0.3 is 0 Å². The maximum atomic E-state index is 5.95. The number of pyridine rings is 1. The Balaban J connectivity index is 1.73. The van der Waals surface area contributed by atoms with Crippen molar-refractivity contribution in [1.82, 2.24) is 4.98 Å². The van der Waals surface area contributed by atoms with E-state index >= 15 is 0 Å². The maximum absolute atomic E-state index is 5.95. The number of nitrogens with two attached hydrogens (primary N) is 1. The molecule has 4 nitrogen and oxygen atoms in total. The summed E-state index contributed by atoms with van der Waals surface area (Å²) in [6, 6.07) is 10.2. The van der Waals surface area contributed by atoms with Crippen LogP contribution in [0.1, 0.15) is 5.56 Å². The van der Waals surface area contributed by atoms with E-state index in [2.05, 4.69) is 49.8 Å². The molecule has 3 rings (SSSR count). The number of halogens is 1. The van der Waals surface area contributed by atoms with Crippen LogP contribution in [0.5, 0.6) is 0 Å². The first-order valence-corrected chi connectivity index (χ1v) is 7.91. The lowest BCUT2D eigenvalue weighted by atomic mass is 10.1. The Labute approximate surface area is 133 Å². The van der Waals surface area contributed by atoms with Gasteiger partial charge in [-0.1, -0.05) is 6.07 Å². The van der Waals surface area contributed by atoms with Gasteiger partial charge in [-0.25, -0.2) is 4.98 Å². The van der Waals surface area contributed by atoms with Gasteiger partial charge in [-0.15, -0.1) is 0 Å². The number of benzene rings is 1. The summed E-state index contributed by atoms with van der Waals surface area (Å²) >= 11 is 3.63. The monoisotopic (exact) mass is 346 g/mol. The largest absolute Gasteiger partial charge is 0.398 e. The summed E-state index contributed by atoms with van der Waals surface area (Å²) in [5.41, 5.74) is 9.13. The highest BCUT2D eigenvalue weighted by Gasteiger charge is 2.20. The Morgan fingerprint density at radius 3 is 2.48 bits per heavy atom. The van der Waals surface area contributed by atoms with E-state index in [9.17, 15) is 0 Å². The zero-order valence-corrected chi connectivity index (χ0v) is 13.7. The van der Waals surface area contributed by atoms with Crippen LogP contribution in [0.15, 0.2) is 41.0 Å². The summed E-state index contributed by atoms with van der Waals surface area (Å²) in [4.78, 5) is 9.15. The first-order chi connectivity index (χ1) is 10.1. The molecule has 2 heterocycles. The molecule has 21 heavy (non-hydrogen) atoms. The highest BCUT2D eigenvalue weighted by Crippen LogP contribution is 2.31. The summed E-state index contributed by atoms with van der Waals surface area (Å²) in [6.45, 7) is 5.98. The number of aromatic nitrogens is 1. The molecule has 1 aliphatic heterocycles. The van der Waals surface area contributed by atoms with Gasteiger partial charge in [0.15, 0.2) is 0 Å². The van der Waals surface area contributed by atoms with E-state index < -0.39 is 0 Å². The van der Waals surface area contributed by atoms with Crippen LogP contribution in [0.3, 0.4) is 0 Å². The first kappa shape index (κ1) is 14.2. The fourth-order valence-corrected chi connectivity index (χ4v) is 3.25. The van der Waals surface area contributed by atoms with E-state index in [0.29, 0.717) is 0 Å². The molecule has 0 atom stereocenters. The van der Waals surface area contributed by atoms with E-state index in [4.69, 9.17) is 5.73 Å². The molecule has 0 saturated carbocycles. The second-order valence-electron chi connectivity index (χ2n) is 5.32. The number of aryl methyl sites for hydroxylation is 1. The summed E-state index contributed by atoms with van der Waals surface area (Å²) in [5, 5.41) is 0. The highest BCUT2D eigenvalue weighted by atomic mass is 79.9. The molecule has 110 valence electrons. The third-order valence-corrected chi connectivity index (χ3v) is 4.56. The molecule has 0 amide bonds. The van der Waals surface area contributed by atoms with E-state index in [1.165, 1.54) is 5.69 Å². The number of hydrogen-bond acceptors (Lipinski definition) is 4. The lowest BCUT2D eigenvalue weighted by molar-refractivity contribution is 0.646. The Kier molecular flexibility index (Phi) is 4.01. The second kappa shape index (κ2) is 5.93. The predicted molar refractivity (Wildman–Crippen MR) is 92.0 cm³/mol. The van der Waals surface area contributed by atoms with Crippen molar-refractivity contribution < 1.29 is 0 Å². The van der Waals surface area contributed by atoms with E-state index in [-0.39, 0.29) is 0 Å². The molecule has 1 aromatic heterocycles. The molecule has 1 fully saturated rings. The third-order valence-electron chi connectivity index (χ3n) is 3.93. The minimum atomic E-state index is 0.831. The van der Waals surface area contributed by atoms with Gasteiger partial charge in [0.2, 0.25) is 0 Å². The molecule has 0 radical (unpaired) electrons. The molecule has 2 N–H and O–H groups in total. The standard InChI is InChI=1S/C16H19BrN4/c1-12-10-15(13(17)11-14(12)18)20-6-8-21(9-7-20)16-4-2-3-5-19-16/h2-5,10-11H,6-9,18H2,1H3. The number of nitrogen functional groups attached to an aromatic ring is 1. The molecular weight excluding hydrogens is 328 g/mol. The number of hydrogen-bond donors (Lipinski definition) is 1. The molecule has 0 unspecified atom stereocenters. The topological polar surface area (TPSA) is 45.4 Å². The van der Waals surface area contributed by atoms with Crippen molar-refractivity contribution in [2.45, 2.75) is 6.92 Å². The predicted octanol–water partition coefficient (Wildman–Crippen LogP) is 3.06. The summed E-state index contributed by atoms with van der Waals surface area (Å²) in [7, 11) is 0. The normalized spacial score (nSPS) is 15.3. The fraction of sp³-hybridized carbons (Fsp3) is 0.312. The number of anilines is 3. The van der Waals surface area contributed by atoms with Crippen molar-refractivity contribution in [2.24, 2.45) is 0 Å². The Morgan fingerprint density at radius 2 is 1.81 bits per heavy atom. The number of piperazine rings is 1. The minimum absolute atomic E-state index is 0.831. The van der Waals surface area contributed by atoms with Crippen molar-refractivity contribution in [3.05, 3.63) is 46.6 Å². The number of nitrogens with zero attached hydrogens (tertiary/aromatic N) is 3. The van der Waals surface area contributed by atoms with Crippen molar-refractivity contribution in [1.29, 1.82) is 0 Å². The van der Waals surface area contributed by atoms with Crippen LogP contribution in [-0.4, -0.2) is 31.2 Å². The van der Waals surface area contributed by atoms with Gasteiger partial charge in [-0.05, 0) is 52.7 Å². The third kappa shape index (κ3) is 2.97. The van der Waals surface area contributed by atoms with Crippen LogP contribution in [0, 0.1) is 6.92 Å². The smallest absolute Gasteiger partial charge is 0.128 e. The average molecular weight is 347 g/mol. The highest BCUT2D eigenvalue weighted by molar-refractivity contribution is 9.10. The van der Waals surface area contributed by atoms with Crippen molar-refractivity contribution in [3.8, 4) is 0 Å². The summed E-state index contributed by atoms with van der Waals surface area (Å²) < 4.78 is 1.07. The zero-order valence-electron chi connectivity index (χ0n) is 12.1. The Morgan fingerprint density at radius 1 is 1.10 bits per heavy atom. The SMILES string of the molecule is Cc1cc(N2CCN(c3ccccn3)CC2)c(Br)cc1N. The van der Waals surface area contributed by atoms with Gasteiger partial charge in [-0.3, -0.25) is 0 Å². The van der Waals surface area contributed by atoms with Crippen molar-refractivity contribution in [3.63, 3.8) is 0 Å². The quantitative estimate of drug-likeness (QED) is 0.849. The van der Waals surface area contributed by atoms with Crippen molar-refractivity contribution >= 4 is 33.1 Å². The molecule has 1 aliphatic rings. The fourth-order valence-electron chi connectivity index (χ4n) is 2.64. The van der Waals surface area contributed by atoms with E-state index in [1.54, 1.807) is 0 Å². The maximum Gasteiger partial charge on any atom is 0.128 e. The van der Waals surface area contributed by atoms with Gasteiger partial charge in [0.1, 0.15) is 5.82 Å². The molecule has 1 aromatic carbocycles. The lowest BCUT2D eigenvalue weighted by Gasteiger charge is -2.37. The zero-order chi connectivity index (χ0) is 14.8. The van der Waals surface area contributed by atoms with Gasteiger partial charge < -0.3 is 15.5 Å². The molecule has 2 aromatic rings. The minimum Gasteiger partial charge on any atom is -0.398 e. The Bertz CT molecular complexity index is 622. The van der Waals surface area contributed by atoms with Crippen LogP contribution in [0.2, 0.25) is 0 Å². The van der Waals surface area contributed by atoms with Crippen LogP contribution < -0.4 is 15.5 Å². The molecule has 0 bridgehead atoms. The van der Waals surface area contributed by atoms with Crippen LogP contribution >= 0.6 is 15.9 Å². The average Bonchev–Trinajstić information content (AvgIpc) is 2.52. The molecule has 0 aliphatic carbocycles. The van der Waals surface area contributed by atoms with E-state index in [0.717, 1.165) is 47.7 Å². The number of rotatable bonds is 2. The van der Waals surface area contributed by atoms with Gasteiger partial charge in [0.25, 0.3) is 0 Å². The first-order valence-electron chi connectivity index (χ1n) is 7.11. The van der Waals surface area contributed by atoms with Gasteiger partial charge in [0, 0.05) is 42.5 Å². The molecule has 0 spiro atoms. The van der Waals surface area contributed by atoms with Gasteiger partial charge in [-0.2, -0.15) is 0 Å².